The molecule has 3 atom stereocenters. The highest BCUT2D eigenvalue weighted by Gasteiger charge is 2.66. The molecule has 0 aromatic heterocycles. The zero-order chi connectivity index (χ0) is 10.3. The van der Waals surface area contributed by atoms with E-state index in [2.05, 4.69) is 5.32 Å². The van der Waals surface area contributed by atoms with Crippen LogP contribution in [0.3, 0.4) is 0 Å². The average molecular weight is 213 g/mol. The Kier molecular flexibility index (Phi) is 2.48. The number of fused-ring (bicyclic) bond motifs is 2. The van der Waals surface area contributed by atoms with Gasteiger partial charge in [0, 0.05) is 24.0 Å². The number of halogens is 1. The van der Waals surface area contributed by atoms with Gasteiger partial charge in [0.2, 0.25) is 0 Å². The second-order valence-corrected chi connectivity index (χ2v) is 5.30. The van der Waals surface area contributed by atoms with Crippen molar-refractivity contribution in [3.63, 3.8) is 0 Å². The van der Waals surface area contributed by atoms with Crippen molar-refractivity contribution < 1.29 is 9.13 Å². The van der Waals surface area contributed by atoms with Gasteiger partial charge in [0.1, 0.15) is 0 Å². The van der Waals surface area contributed by atoms with E-state index < -0.39 is 0 Å². The molecule has 3 fully saturated rings. The molecule has 0 bridgehead atoms. The van der Waals surface area contributed by atoms with Crippen molar-refractivity contribution in [3.05, 3.63) is 0 Å². The molecule has 3 aliphatic rings. The molecule has 3 rings (SSSR count). The Balaban J connectivity index is 1.61. The van der Waals surface area contributed by atoms with E-state index in [1.807, 2.05) is 0 Å². The van der Waals surface area contributed by atoms with Crippen molar-refractivity contribution in [1.82, 2.24) is 5.32 Å². The predicted octanol–water partition coefficient (Wildman–Crippen LogP) is 1.89. The third-order valence-electron chi connectivity index (χ3n) is 4.71. The molecule has 15 heavy (non-hydrogen) atoms. The first-order chi connectivity index (χ1) is 7.38. The van der Waals surface area contributed by atoms with Crippen LogP contribution in [0.4, 0.5) is 4.39 Å². The standard InChI is InChI=1S/C12H20FNO/c13-6-2-7-14-10-9-3-8-15-11(9)12(10)4-1-5-12/h9-11,14H,1-8H2. The van der Waals surface area contributed by atoms with Gasteiger partial charge in [-0.2, -0.15) is 0 Å². The van der Waals surface area contributed by atoms with Gasteiger partial charge in [-0.3, -0.25) is 4.39 Å². The lowest BCUT2D eigenvalue weighted by atomic mass is 9.46. The van der Waals surface area contributed by atoms with Gasteiger partial charge in [-0.15, -0.1) is 0 Å². The first-order valence-corrected chi connectivity index (χ1v) is 6.29. The highest BCUT2D eigenvalue weighted by atomic mass is 19.1. The van der Waals surface area contributed by atoms with Crippen LogP contribution >= 0.6 is 0 Å². The summed E-state index contributed by atoms with van der Waals surface area (Å²) in [5.74, 6) is 0.727. The first kappa shape index (κ1) is 10.0. The SMILES string of the molecule is FCCCNC1C2CCOC2C12CCC2. The van der Waals surface area contributed by atoms with Crippen LogP contribution in [0.2, 0.25) is 0 Å². The van der Waals surface area contributed by atoms with E-state index in [0.29, 0.717) is 24.0 Å². The van der Waals surface area contributed by atoms with Gasteiger partial charge in [-0.05, 0) is 32.2 Å². The van der Waals surface area contributed by atoms with Crippen molar-refractivity contribution in [2.45, 2.75) is 44.2 Å². The van der Waals surface area contributed by atoms with E-state index in [1.165, 1.54) is 25.7 Å². The predicted molar refractivity (Wildman–Crippen MR) is 56.5 cm³/mol. The van der Waals surface area contributed by atoms with Crippen LogP contribution in [0.25, 0.3) is 0 Å². The zero-order valence-corrected chi connectivity index (χ0v) is 9.18. The van der Waals surface area contributed by atoms with E-state index >= 15 is 0 Å². The molecule has 2 aliphatic carbocycles. The van der Waals surface area contributed by atoms with Crippen LogP contribution in [-0.2, 0) is 4.74 Å². The molecular weight excluding hydrogens is 193 g/mol. The van der Waals surface area contributed by atoms with Crippen molar-refractivity contribution in [3.8, 4) is 0 Å². The van der Waals surface area contributed by atoms with Crippen molar-refractivity contribution >= 4 is 0 Å². The minimum Gasteiger partial charge on any atom is -0.377 e. The minimum absolute atomic E-state index is 0.197. The number of rotatable bonds is 4. The first-order valence-electron chi connectivity index (χ1n) is 6.29. The largest absolute Gasteiger partial charge is 0.377 e. The number of hydrogen-bond acceptors (Lipinski definition) is 2. The van der Waals surface area contributed by atoms with Crippen LogP contribution in [0.15, 0.2) is 0 Å². The van der Waals surface area contributed by atoms with Crippen LogP contribution in [0.5, 0.6) is 0 Å². The average Bonchev–Trinajstić information content (AvgIpc) is 2.55. The second kappa shape index (κ2) is 3.70. The van der Waals surface area contributed by atoms with Crippen LogP contribution < -0.4 is 5.32 Å². The zero-order valence-electron chi connectivity index (χ0n) is 9.18. The Morgan fingerprint density at radius 1 is 1.40 bits per heavy atom. The fraction of sp³-hybridized carbons (Fsp3) is 1.00. The van der Waals surface area contributed by atoms with Crippen molar-refractivity contribution in [1.29, 1.82) is 0 Å². The summed E-state index contributed by atoms with van der Waals surface area (Å²) in [6, 6.07) is 0.630. The molecule has 3 unspecified atom stereocenters. The van der Waals surface area contributed by atoms with Gasteiger partial charge >= 0.3 is 0 Å². The summed E-state index contributed by atoms with van der Waals surface area (Å²) in [7, 11) is 0. The lowest BCUT2D eigenvalue weighted by Gasteiger charge is -2.63. The molecule has 2 nitrogen and oxygen atoms in total. The lowest BCUT2D eigenvalue weighted by Crippen LogP contribution is -2.71. The van der Waals surface area contributed by atoms with Gasteiger partial charge in [-0.1, -0.05) is 6.42 Å². The molecule has 1 N–H and O–H groups in total. The summed E-state index contributed by atoms with van der Waals surface area (Å²) in [6.45, 7) is 1.59. The van der Waals surface area contributed by atoms with Crippen molar-refractivity contribution in [2.24, 2.45) is 11.3 Å². The van der Waals surface area contributed by atoms with Crippen molar-refractivity contribution in [2.75, 3.05) is 19.8 Å². The van der Waals surface area contributed by atoms with E-state index in [4.69, 9.17) is 4.74 Å². The van der Waals surface area contributed by atoms with Gasteiger partial charge in [0.25, 0.3) is 0 Å². The summed E-state index contributed by atoms with van der Waals surface area (Å²) in [5, 5.41) is 3.56. The highest BCUT2D eigenvalue weighted by Crippen LogP contribution is 2.62. The maximum atomic E-state index is 12.1. The maximum Gasteiger partial charge on any atom is 0.0906 e. The fourth-order valence-electron chi connectivity index (χ4n) is 3.88. The molecule has 1 aliphatic heterocycles. The molecule has 3 heteroatoms. The molecule has 0 amide bonds. The monoisotopic (exact) mass is 213 g/mol. The molecule has 86 valence electrons. The molecule has 1 saturated heterocycles. The quantitative estimate of drug-likeness (QED) is 0.720. The minimum atomic E-state index is -0.197. The lowest BCUT2D eigenvalue weighted by molar-refractivity contribution is -0.175. The Labute approximate surface area is 90.6 Å². The summed E-state index contributed by atoms with van der Waals surface area (Å²) < 4.78 is 17.9. The van der Waals surface area contributed by atoms with E-state index in [9.17, 15) is 4.39 Å². The number of ether oxygens (including phenoxy) is 1. The molecule has 0 aromatic rings. The highest BCUT2D eigenvalue weighted by molar-refractivity contribution is 5.18. The van der Waals surface area contributed by atoms with Crippen LogP contribution in [0, 0.1) is 11.3 Å². The second-order valence-electron chi connectivity index (χ2n) is 5.30. The Hall–Kier alpha value is -0.150. The smallest absolute Gasteiger partial charge is 0.0906 e. The molecule has 0 aromatic carbocycles. The topological polar surface area (TPSA) is 21.3 Å². The Bertz CT molecular complexity index is 242. The maximum absolute atomic E-state index is 12.1. The molecule has 1 spiro atoms. The number of alkyl halides is 1. The van der Waals surface area contributed by atoms with Crippen LogP contribution in [0.1, 0.15) is 32.1 Å². The van der Waals surface area contributed by atoms with Gasteiger partial charge in [-0.25, -0.2) is 0 Å². The van der Waals surface area contributed by atoms with Gasteiger partial charge in [0.15, 0.2) is 0 Å². The van der Waals surface area contributed by atoms with E-state index in [1.54, 1.807) is 0 Å². The van der Waals surface area contributed by atoms with E-state index in [-0.39, 0.29) is 6.67 Å². The number of hydrogen-bond donors (Lipinski definition) is 1. The normalized spacial score (nSPS) is 41.0. The summed E-state index contributed by atoms with van der Waals surface area (Å²) in [5.41, 5.74) is 0.456. The summed E-state index contributed by atoms with van der Waals surface area (Å²) in [6.07, 6.45) is 6.40. The summed E-state index contributed by atoms with van der Waals surface area (Å²) in [4.78, 5) is 0. The Morgan fingerprint density at radius 3 is 2.93 bits per heavy atom. The molecular formula is C12H20FNO. The van der Waals surface area contributed by atoms with Gasteiger partial charge in [0.05, 0.1) is 12.8 Å². The van der Waals surface area contributed by atoms with E-state index in [0.717, 1.165) is 19.1 Å². The molecule has 2 saturated carbocycles. The third-order valence-corrected chi connectivity index (χ3v) is 4.71. The molecule has 0 radical (unpaired) electrons. The fourth-order valence-corrected chi connectivity index (χ4v) is 3.88. The van der Waals surface area contributed by atoms with Gasteiger partial charge < -0.3 is 10.1 Å². The summed E-state index contributed by atoms with van der Waals surface area (Å²) >= 11 is 0. The molecule has 1 heterocycles. The van der Waals surface area contributed by atoms with Crippen LogP contribution in [-0.4, -0.2) is 32.0 Å². The Morgan fingerprint density at radius 2 is 2.27 bits per heavy atom. The third kappa shape index (κ3) is 1.29. The number of nitrogens with one attached hydrogen (secondary N) is 1.